The number of carbonyl (C=O) groups is 1. The van der Waals surface area contributed by atoms with Gasteiger partial charge in [0.2, 0.25) is 0 Å². The zero-order valence-electron chi connectivity index (χ0n) is 14.2. The van der Waals surface area contributed by atoms with Crippen LogP contribution in [-0.2, 0) is 11.3 Å². The van der Waals surface area contributed by atoms with Gasteiger partial charge in [0, 0.05) is 0 Å². The molecule has 0 amide bonds. The summed E-state index contributed by atoms with van der Waals surface area (Å²) in [7, 11) is 0. The molecule has 0 saturated carbocycles. The number of aryl methyl sites for hydroxylation is 1. The van der Waals surface area contributed by atoms with Crippen molar-refractivity contribution in [3.63, 3.8) is 0 Å². The molecule has 0 fully saturated rings. The molecule has 0 spiro atoms. The van der Waals surface area contributed by atoms with Crippen molar-refractivity contribution < 1.29 is 13.9 Å². The number of carbonyl (C=O) groups excluding carboxylic acids is 1. The first-order chi connectivity index (χ1) is 12.1. The zero-order valence-corrected chi connectivity index (χ0v) is 14.2. The number of halogens is 1. The van der Waals surface area contributed by atoms with Crippen LogP contribution >= 0.6 is 0 Å². The van der Waals surface area contributed by atoms with Crippen molar-refractivity contribution in [3.05, 3.63) is 77.2 Å². The Labute approximate surface area is 145 Å². The molecule has 0 atom stereocenters. The first-order valence-corrected chi connectivity index (χ1v) is 8.13. The van der Waals surface area contributed by atoms with Crippen molar-refractivity contribution in [1.82, 2.24) is 9.78 Å². The van der Waals surface area contributed by atoms with Crippen LogP contribution in [-0.4, -0.2) is 22.4 Å². The Bertz CT molecular complexity index is 868. The lowest BCUT2D eigenvalue weighted by atomic mass is 10.1. The van der Waals surface area contributed by atoms with Gasteiger partial charge in [-0.1, -0.05) is 42.0 Å². The summed E-state index contributed by atoms with van der Waals surface area (Å²) in [6, 6.07) is 16.0. The van der Waals surface area contributed by atoms with E-state index in [9.17, 15) is 9.18 Å². The number of hydrogen-bond acceptors (Lipinski definition) is 3. The summed E-state index contributed by atoms with van der Waals surface area (Å²) in [5.41, 5.74) is 4.08. The van der Waals surface area contributed by atoms with Crippen LogP contribution in [0.3, 0.4) is 0 Å². The molecule has 0 saturated heterocycles. The molecule has 1 aromatic heterocycles. The Morgan fingerprint density at radius 3 is 2.44 bits per heavy atom. The highest BCUT2D eigenvalue weighted by atomic mass is 19.1. The van der Waals surface area contributed by atoms with Crippen molar-refractivity contribution in [2.24, 2.45) is 0 Å². The molecular formula is C20H19FN2O2. The van der Waals surface area contributed by atoms with Crippen molar-refractivity contribution in [3.8, 4) is 11.3 Å². The van der Waals surface area contributed by atoms with Crippen LogP contribution in [0.4, 0.5) is 4.39 Å². The second-order valence-electron chi connectivity index (χ2n) is 5.79. The predicted octanol–water partition coefficient (Wildman–Crippen LogP) is 4.22. The molecule has 1 heterocycles. The monoisotopic (exact) mass is 338 g/mol. The maximum atomic E-state index is 13.1. The van der Waals surface area contributed by atoms with Crippen LogP contribution in [0.2, 0.25) is 0 Å². The van der Waals surface area contributed by atoms with Gasteiger partial charge in [-0.3, -0.25) is 4.68 Å². The zero-order chi connectivity index (χ0) is 17.8. The molecule has 5 heteroatoms. The number of benzene rings is 2. The number of ether oxygens (including phenoxy) is 1. The molecule has 0 bridgehead atoms. The van der Waals surface area contributed by atoms with E-state index in [1.54, 1.807) is 29.8 Å². The quantitative estimate of drug-likeness (QED) is 0.654. The summed E-state index contributed by atoms with van der Waals surface area (Å²) in [5.74, 6) is -0.732. The van der Waals surface area contributed by atoms with E-state index < -0.39 is 5.97 Å². The standard InChI is InChI=1S/C20H19FN2O2/c1-3-25-20(24)18-12-19(16-8-4-14(2)5-9-16)23(22-18)13-15-6-10-17(21)11-7-15/h4-12H,3,13H2,1-2H3. The van der Waals surface area contributed by atoms with E-state index >= 15 is 0 Å². The molecule has 128 valence electrons. The average Bonchev–Trinajstić information content (AvgIpc) is 3.02. The van der Waals surface area contributed by atoms with E-state index in [4.69, 9.17) is 4.74 Å². The molecule has 25 heavy (non-hydrogen) atoms. The van der Waals surface area contributed by atoms with Gasteiger partial charge in [-0.25, -0.2) is 9.18 Å². The Morgan fingerprint density at radius 1 is 1.12 bits per heavy atom. The summed E-state index contributed by atoms with van der Waals surface area (Å²) in [6.07, 6.45) is 0. The fourth-order valence-corrected chi connectivity index (χ4v) is 2.56. The highest BCUT2D eigenvalue weighted by Crippen LogP contribution is 2.23. The first kappa shape index (κ1) is 16.9. The molecule has 3 rings (SSSR count). The fraction of sp³-hybridized carbons (Fsp3) is 0.200. The third-order valence-corrected chi connectivity index (χ3v) is 3.86. The Balaban J connectivity index is 2.00. The van der Waals surface area contributed by atoms with Gasteiger partial charge in [-0.15, -0.1) is 0 Å². The topological polar surface area (TPSA) is 44.1 Å². The van der Waals surface area contributed by atoms with Gasteiger partial charge in [0.25, 0.3) is 0 Å². The van der Waals surface area contributed by atoms with E-state index in [0.717, 1.165) is 22.4 Å². The van der Waals surface area contributed by atoms with E-state index in [0.29, 0.717) is 13.2 Å². The smallest absolute Gasteiger partial charge is 0.358 e. The van der Waals surface area contributed by atoms with Crippen LogP contribution in [0, 0.1) is 12.7 Å². The van der Waals surface area contributed by atoms with Crippen LogP contribution in [0.1, 0.15) is 28.5 Å². The normalized spacial score (nSPS) is 10.7. The number of hydrogen-bond donors (Lipinski definition) is 0. The summed E-state index contributed by atoms with van der Waals surface area (Å²) >= 11 is 0. The maximum Gasteiger partial charge on any atom is 0.358 e. The average molecular weight is 338 g/mol. The van der Waals surface area contributed by atoms with E-state index in [2.05, 4.69) is 5.10 Å². The van der Waals surface area contributed by atoms with Gasteiger partial charge in [0.05, 0.1) is 18.8 Å². The molecule has 0 N–H and O–H groups in total. The van der Waals surface area contributed by atoms with Crippen LogP contribution in [0.15, 0.2) is 54.6 Å². The predicted molar refractivity (Wildman–Crippen MR) is 93.9 cm³/mol. The highest BCUT2D eigenvalue weighted by molar-refractivity contribution is 5.88. The molecule has 0 aliphatic carbocycles. The maximum absolute atomic E-state index is 13.1. The van der Waals surface area contributed by atoms with Crippen LogP contribution in [0.25, 0.3) is 11.3 Å². The van der Waals surface area contributed by atoms with Gasteiger partial charge in [0.1, 0.15) is 5.82 Å². The van der Waals surface area contributed by atoms with Crippen molar-refractivity contribution in [2.45, 2.75) is 20.4 Å². The number of aromatic nitrogens is 2. The Kier molecular flexibility index (Phi) is 4.93. The molecular weight excluding hydrogens is 319 g/mol. The van der Waals surface area contributed by atoms with Crippen molar-refractivity contribution in [1.29, 1.82) is 0 Å². The van der Waals surface area contributed by atoms with Gasteiger partial charge < -0.3 is 4.74 Å². The summed E-state index contributed by atoms with van der Waals surface area (Å²) < 4.78 is 19.9. The van der Waals surface area contributed by atoms with Crippen LogP contribution in [0.5, 0.6) is 0 Å². The second-order valence-corrected chi connectivity index (χ2v) is 5.79. The van der Waals surface area contributed by atoms with Crippen LogP contribution < -0.4 is 0 Å². The van der Waals surface area contributed by atoms with Crippen molar-refractivity contribution in [2.75, 3.05) is 6.61 Å². The minimum absolute atomic E-state index is 0.263. The fourth-order valence-electron chi connectivity index (χ4n) is 2.56. The molecule has 0 unspecified atom stereocenters. The number of nitrogens with zero attached hydrogens (tertiary/aromatic N) is 2. The highest BCUT2D eigenvalue weighted by Gasteiger charge is 2.16. The molecule has 0 radical (unpaired) electrons. The first-order valence-electron chi connectivity index (χ1n) is 8.13. The summed E-state index contributed by atoms with van der Waals surface area (Å²) in [6.45, 7) is 4.50. The van der Waals surface area contributed by atoms with E-state index in [1.165, 1.54) is 12.1 Å². The van der Waals surface area contributed by atoms with Gasteiger partial charge >= 0.3 is 5.97 Å². The number of rotatable bonds is 5. The second kappa shape index (κ2) is 7.30. The van der Waals surface area contributed by atoms with Crippen molar-refractivity contribution >= 4 is 5.97 Å². The lowest BCUT2D eigenvalue weighted by Gasteiger charge is -2.08. The summed E-state index contributed by atoms with van der Waals surface area (Å²) in [5, 5.41) is 4.39. The molecule has 3 aromatic rings. The molecule has 4 nitrogen and oxygen atoms in total. The molecule has 0 aliphatic heterocycles. The van der Waals surface area contributed by atoms with Gasteiger partial charge in [-0.2, -0.15) is 5.10 Å². The lowest BCUT2D eigenvalue weighted by molar-refractivity contribution is 0.0518. The third kappa shape index (κ3) is 3.94. The number of esters is 1. The van der Waals surface area contributed by atoms with E-state index in [1.807, 2.05) is 31.2 Å². The minimum atomic E-state index is -0.450. The summed E-state index contributed by atoms with van der Waals surface area (Å²) in [4.78, 5) is 12.0. The minimum Gasteiger partial charge on any atom is -0.461 e. The molecule has 2 aromatic carbocycles. The SMILES string of the molecule is CCOC(=O)c1cc(-c2ccc(C)cc2)n(Cc2ccc(F)cc2)n1. The Hall–Kier alpha value is -2.95. The third-order valence-electron chi connectivity index (χ3n) is 3.86. The van der Waals surface area contributed by atoms with Gasteiger partial charge in [0.15, 0.2) is 5.69 Å². The lowest BCUT2D eigenvalue weighted by Crippen LogP contribution is -2.08. The van der Waals surface area contributed by atoms with E-state index in [-0.39, 0.29) is 11.5 Å². The Morgan fingerprint density at radius 2 is 1.80 bits per heavy atom. The largest absolute Gasteiger partial charge is 0.461 e. The molecule has 0 aliphatic rings. The van der Waals surface area contributed by atoms with Gasteiger partial charge in [-0.05, 0) is 43.2 Å².